The van der Waals surface area contributed by atoms with Gasteiger partial charge in [-0.25, -0.2) is 9.97 Å². The molecular formula is C16H21N5O. The summed E-state index contributed by atoms with van der Waals surface area (Å²) in [6.45, 7) is 0. The molecule has 2 aromatic heterocycles. The van der Waals surface area contributed by atoms with Crippen molar-refractivity contribution in [3.63, 3.8) is 0 Å². The van der Waals surface area contributed by atoms with E-state index in [0.29, 0.717) is 18.0 Å². The van der Waals surface area contributed by atoms with E-state index in [1.54, 1.807) is 18.7 Å². The van der Waals surface area contributed by atoms with Crippen molar-refractivity contribution in [1.29, 1.82) is 0 Å². The van der Waals surface area contributed by atoms with E-state index in [4.69, 9.17) is 5.73 Å². The Morgan fingerprint density at radius 1 is 1.36 bits per heavy atom. The van der Waals surface area contributed by atoms with Crippen LogP contribution in [0, 0.1) is 5.92 Å². The smallest absolute Gasteiger partial charge is 0.224 e. The number of nitrogens with zero attached hydrogens (tertiary/aromatic N) is 3. The lowest BCUT2D eigenvalue weighted by atomic mass is 9.83. The highest BCUT2D eigenvalue weighted by molar-refractivity contribution is 5.90. The summed E-state index contributed by atoms with van der Waals surface area (Å²) in [5.41, 5.74) is 6.80. The zero-order chi connectivity index (χ0) is 15.4. The monoisotopic (exact) mass is 299 g/mol. The molecular weight excluding hydrogens is 278 g/mol. The lowest BCUT2D eigenvalue weighted by molar-refractivity contribution is -0.117. The molecule has 0 aliphatic heterocycles. The minimum absolute atomic E-state index is 0.0135. The van der Waals surface area contributed by atoms with Crippen LogP contribution in [0.15, 0.2) is 37.1 Å². The second-order valence-corrected chi connectivity index (χ2v) is 5.84. The van der Waals surface area contributed by atoms with Crippen LogP contribution in [0.25, 0.3) is 5.82 Å². The Morgan fingerprint density at radius 3 is 2.91 bits per heavy atom. The number of anilines is 1. The summed E-state index contributed by atoms with van der Waals surface area (Å²) in [6.07, 6.45) is 11.8. The van der Waals surface area contributed by atoms with E-state index in [0.717, 1.165) is 18.7 Å². The van der Waals surface area contributed by atoms with E-state index in [2.05, 4.69) is 15.3 Å². The number of hydrogen-bond acceptors (Lipinski definition) is 4. The number of amides is 1. The third-order valence-corrected chi connectivity index (χ3v) is 4.22. The third kappa shape index (κ3) is 3.51. The number of nitrogens with two attached hydrogens (primary N) is 1. The highest BCUT2D eigenvalue weighted by atomic mass is 16.1. The summed E-state index contributed by atoms with van der Waals surface area (Å²) in [5.74, 6) is 1.08. The molecule has 2 heterocycles. The molecule has 6 nitrogen and oxygen atoms in total. The van der Waals surface area contributed by atoms with Gasteiger partial charge in [0.1, 0.15) is 12.1 Å². The lowest BCUT2D eigenvalue weighted by Gasteiger charge is -2.27. The van der Waals surface area contributed by atoms with Crippen molar-refractivity contribution < 1.29 is 4.79 Å². The van der Waals surface area contributed by atoms with Gasteiger partial charge in [0.05, 0.1) is 11.9 Å². The molecule has 0 radical (unpaired) electrons. The molecule has 0 aromatic carbocycles. The first-order chi connectivity index (χ1) is 10.7. The number of rotatable bonds is 4. The van der Waals surface area contributed by atoms with Gasteiger partial charge in [0.15, 0.2) is 0 Å². The van der Waals surface area contributed by atoms with Gasteiger partial charge in [0.2, 0.25) is 5.91 Å². The molecule has 1 aliphatic rings. The summed E-state index contributed by atoms with van der Waals surface area (Å²) in [4.78, 5) is 20.4. The predicted molar refractivity (Wildman–Crippen MR) is 84.5 cm³/mol. The number of carbonyl (C=O) groups is 1. The highest BCUT2D eigenvalue weighted by Gasteiger charge is 2.24. The molecule has 116 valence electrons. The third-order valence-electron chi connectivity index (χ3n) is 4.22. The maximum atomic E-state index is 12.1. The van der Waals surface area contributed by atoms with Crippen molar-refractivity contribution in [1.82, 2.24) is 14.5 Å². The van der Waals surface area contributed by atoms with Gasteiger partial charge < -0.3 is 11.1 Å². The van der Waals surface area contributed by atoms with E-state index in [-0.39, 0.29) is 11.9 Å². The van der Waals surface area contributed by atoms with Crippen LogP contribution in [0.2, 0.25) is 0 Å². The molecule has 3 N–H and O–H groups in total. The molecule has 1 amide bonds. The summed E-state index contributed by atoms with van der Waals surface area (Å²) in [7, 11) is 0. The Kier molecular flexibility index (Phi) is 4.48. The standard InChI is InChI=1S/C16H21N5O/c17-14-4-2-1-3-12(14)9-16(22)20-13-5-6-15(19-10-13)21-8-7-18-11-21/h5-8,10-12,14H,1-4,9,17H2,(H,20,22). The Labute approximate surface area is 129 Å². The number of aromatic nitrogens is 3. The van der Waals surface area contributed by atoms with Crippen molar-refractivity contribution in [3.8, 4) is 5.82 Å². The fourth-order valence-electron chi connectivity index (χ4n) is 2.95. The van der Waals surface area contributed by atoms with Gasteiger partial charge in [-0.2, -0.15) is 0 Å². The molecule has 1 saturated carbocycles. The van der Waals surface area contributed by atoms with Crippen molar-refractivity contribution in [2.75, 3.05) is 5.32 Å². The Bertz CT molecular complexity index is 608. The lowest BCUT2D eigenvalue weighted by Crippen LogP contribution is -2.35. The summed E-state index contributed by atoms with van der Waals surface area (Å²) in [5, 5.41) is 2.90. The van der Waals surface area contributed by atoms with Crippen molar-refractivity contribution in [3.05, 3.63) is 37.1 Å². The first-order valence-corrected chi connectivity index (χ1v) is 7.72. The number of pyridine rings is 1. The van der Waals surface area contributed by atoms with Gasteiger partial charge in [-0.05, 0) is 30.9 Å². The maximum Gasteiger partial charge on any atom is 0.224 e. The number of nitrogens with one attached hydrogen (secondary N) is 1. The summed E-state index contributed by atoms with van der Waals surface area (Å²) in [6, 6.07) is 3.85. The topological polar surface area (TPSA) is 85.8 Å². The average Bonchev–Trinajstić information content (AvgIpc) is 3.05. The first-order valence-electron chi connectivity index (χ1n) is 7.72. The number of carbonyl (C=O) groups excluding carboxylic acids is 1. The second kappa shape index (κ2) is 6.70. The van der Waals surface area contributed by atoms with Gasteiger partial charge in [0.25, 0.3) is 0 Å². The van der Waals surface area contributed by atoms with Crippen LogP contribution in [-0.4, -0.2) is 26.5 Å². The van der Waals surface area contributed by atoms with Gasteiger partial charge in [-0.3, -0.25) is 9.36 Å². The van der Waals surface area contributed by atoms with E-state index in [9.17, 15) is 4.79 Å². The van der Waals surface area contributed by atoms with Crippen molar-refractivity contribution in [2.45, 2.75) is 38.1 Å². The first kappa shape index (κ1) is 14.7. The summed E-state index contributed by atoms with van der Waals surface area (Å²) < 4.78 is 1.81. The Morgan fingerprint density at radius 2 is 2.23 bits per heavy atom. The SMILES string of the molecule is NC1CCCCC1CC(=O)Nc1ccc(-n2ccnc2)nc1. The van der Waals surface area contributed by atoms with E-state index in [1.165, 1.54) is 12.8 Å². The van der Waals surface area contributed by atoms with Crippen molar-refractivity contribution >= 4 is 11.6 Å². The van der Waals surface area contributed by atoms with Gasteiger partial charge in [0, 0.05) is 24.9 Å². The number of imidazole rings is 1. The molecule has 1 fully saturated rings. The normalized spacial score (nSPS) is 21.5. The zero-order valence-corrected chi connectivity index (χ0v) is 12.5. The zero-order valence-electron chi connectivity index (χ0n) is 12.5. The van der Waals surface area contributed by atoms with Crippen LogP contribution < -0.4 is 11.1 Å². The van der Waals surface area contributed by atoms with E-state index < -0.39 is 0 Å². The van der Waals surface area contributed by atoms with Gasteiger partial charge >= 0.3 is 0 Å². The van der Waals surface area contributed by atoms with Gasteiger partial charge in [-0.15, -0.1) is 0 Å². The Hall–Kier alpha value is -2.21. The highest BCUT2D eigenvalue weighted by Crippen LogP contribution is 2.26. The molecule has 0 spiro atoms. The van der Waals surface area contributed by atoms with Crippen LogP contribution >= 0.6 is 0 Å². The predicted octanol–water partition coefficient (Wildman–Crippen LogP) is 2.11. The molecule has 2 atom stereocenters. The molecule has 1 aliphatic carbocycles. The molecule has 2 aromatic rings. The fourth-order valence-corrected chi connectivity index (χ4v) is 2.95. The van der Waals surface area contributed by atoms with Crippen LogP contribution in [0.5, 0.6) is 0 Å². The molecule has 2 unspecified atom stereocenters. The van der Waals surface area contributed by atoms with Crippen LogP contribution in [0.1, 0.15) is 32.1 Å². The minimum atomic E-state index is 0.0135. The quantitative estimate of drug-likeness (QED) is 0.905. The Balaban J connectivity index is 1.57. The second-order valence-electron chi connectivity index (χ2n) is 5.84. The van der Waals surface area contributed by atoms with Crippen LogP contribution in [0.3, 0.4) is 0 Å². The largest absolute Gasteiger partial charge is 0.327 e. The van der Waals surface area contributed by atoms with Crippen molar-refractivity contribution in [2.24, 2.45) is 11.7 Å². The molecule has 3 rings (SSSR count). The van der Waals surface area contributed by atoms with Crippen LogP contribution in [-0.2, 0) is 4.79 Å². The number of hydrogen-bond donors (Lipinski definition) is 2. The molecule has 0 bridgehead atoms. The average molecular weight is 299 g/mol. The van der Waals surface area contributed by atoms with Crippen LogP contribution in [0.4, 0.5) is 5.69 Å². The summed E-state index contributed by atoms with van der Waals surface area (Å²) >= 11 is 0. The fraction of sp³-hybridized carbons (Fsp3) is 0.438. The minimum Gasteiger partial charge on any atom is -0.327 e. The maximum absolute atomic E-state index is 12.1. The molecule has 22 heavy (non-hydrogen) atoms. The van der Waals surface area contributed by atoms with Gasteiger partial charge in [-0.1, -0.05) is 12.8 Å². The van der Waals surface area contributed by atoms with E-state index in [1.807, 2.05) is 22.9 Å². The van der Waals surface area contributed by atoms with E-state index >= 15 is 0 Å². The molecule has 0 saturated heterocycles. The molecule has 6 heteroatoms.